The molecule has 7 nitrogen and oxygen atoms in total. The summed E-state index contributed by atoms with van der Waals surface area (Å²) in [6.45, 7) is 4.00. The van der Waals surface area contributed by atoms with Crippen LogP contribution in [0.1, 0.15) is 13.8 Å². The molecule has 0 saturated heterocycles. The van der Waals surface area contributed by atoms with E-state index < -0.39 is 21.2 Å². The van der Waals surface area contributed by atoms with Crippen molar-refractivity contribution in [3.8, 4) is 5.75 Å². The van der Waals surface area contributed by atoms with Gasteiger partial charge in [-0.25, -0.2) is 0 Å². The molecule has 0 aromatic heterocycles. The monoisotopic (exact) mass is 214 g/mol. The number of aromatic hydroxyl groups is 1. The molecule has 0 spiro atoms. The van der Waals surface area contributed by atoms with E-state index in [9.17, 15) is 20.2 Å². The highest BCUT2D eigenvalue weighted by molar-refractivity contribution is 5.55. The number of phenols is 1. The maximum Gasteiger partial charge on any atom is 0.349 e. The third-order valence-electron chi connectivity index (χ3n) is 1.35. The number of phenolic OH excluding ortho intramolecular Hbond substituents is 1. The number of hydrogen-bond donors (Lipinski definition) is 1. The Labute approximate surface area is 85.3 Å². The second-order valence-electron chi connectivity index (χ2n) is 2.19. The zero-order valence-electron chi connectivity index (χ0n) is 8.21. The molecule has 1 N–H and O–H groups in total. The predicted molar refractivity (Wildman–Crippen MR) is 52.8 cm³/mol. The summed E-state index contributed by atoms with van der Waals surface area (Å²) in [6, 6.07) is 2.64. The van der Waals surface area contributed by atoms with E-state index in [-0.39, 0.29) is 5.75 Å². The molecular formula is C8H10N2O5. The van der Waals surface area contributed by atoms with E-state index in [1.54, 1.807) is 0 Å². The highest BCUT2D eigenvalue weighted by atomic mass is 16.6. The maximum absolute atomic E-state index is 10.3. The Morgan fingerprint density at radius 3 is 1.93 bits per heavy atom. The molecule has 1 aromatic rings. The molecule has 0 bridgehead atoms. The minimum atomic E-state index is -0.919. The van der Waals surface area contributed by atoms with E-state index in [4.69, 9.17) is 5.11 Å². The molecular weight excluding hydrogens is 204 g/mol. The van der Waals surface area contributed by atoms with E-state index in [1.807, 2.05) is 13.8 Å². The zero-order chi connectivity index (χ0) is 12.0. The van der Waals surface area contributed by atoms with Gasteiger partial charge < -0.3 is 5.11 Å². The van der Waals surface area contributed by atoms with Crippen molar-refractivity contribution in [3.63, 3.8) is 0 Å². The first kappa shape index (κ1) is 12.8. The number of rotatable bonds is 2. The Morgan fingerprint density at radius 1 is 1.07 bits per heavy atom. The largest absolute Gasteiger partial charge is 0.508 e. The summed E-state index contributed by atoms with van der Waals surface area (Å²) in [5.74, 6) is -0.377. The smallest absolute Gasteiger partial charge is 0.349 e. The summed E-state index contributed by atoms with van der Waals surface area (Å²) >= 11 is 0. The molecule has 15 heavy (non-hydrogen) atoms. The van der Waals surface area contributed by atoms with Crippen molar-refractivity contribution in [2.24, 2.45) is 0 Å². The number of benzene rings is 1. The Hall–Kier alpha value is -2.18. The number of nitrogens with zero attached hydrogens (tertiary/aromatic N) is 2. The molecule has 0 fully saturated rings. The fourth-order valence-corrected chi connectivity index (χ4v) is 0.812. The van der Waals surface area contributed by atoms with Gasteiger partial charge in [0.25, 0.3) is 0 Å². The lowest BCUT2D eigenvalue weighted by atomic mass is 10.2. The van der Waals surface area contributed by atoms with Crippen LogP contribution in [-0.2, 0) is 0 Å². The zero-order valence-corrected chi connectivity index (χ0v) is 8.21. The highest BCUT2D eigenvalue weighted by Crippen LogP contribution is 2.29. The minimum absolute atomic E-state index is 0.377. The molecule has 82 valence electrons. The van der Waals surface area contributed by atoms with Gasteiger partial charge in [-0.15, -0.1) is 0 Å². The van der Waals surface area contributed by atoms with E-state index in [0.717, 1.165) is 18.2 Å². The van der Waals surface area contributed by atoms with Crippen LogP contribution in [0.4, 0.5) is 11.4 Å². The molecule has 0 aliphatic rings. The molecule has 0 amide bonds. The van der Waals surface area contributed by atoms with Gasteiger partial charge in [0.15, 0.2) is 0 Å². The van der Waals surface area contributed by atoms with E-state index in [1.165, 1.54) is 0 Å². The van der Waals surface area contributed by atoms with Crippen LogP contribution in [0.15, 0.2) is 18.2 Å². The number of nitro benzene ring substituents is 2. The summed E-state index contributed by atoms with van der Waals surface area (Å²) in [5, 5.41) is 29.4. The summed E-state index contributed by atoms with van der Waals surface area (Å²) in [4.78, 5) is 18.7. The molecule has 0 saturated carbocycles. The summed E-state index contributed by atoms with van der Waals surface area (Å²) < 4.78 is 0. The summed E-state index contributed by atoms with van der Waals surface area (Å²) in [5.41, 5.74) is -1.35. The van der Waals surface area contributed by atoms with E-state index >= 15 is 0 Å². The second kappa shape index (κ2) is 5.53. The van der Waals surface area contributed by atoms with Gasteiger partial charge in [0.1, 0.15) is 5.75 Å². The van der Waals surface area contributed by atoms with Gasteiger partial charge in [-0.1, -0.05) is 13.8 Å². The molecule has 0 heterocycles. The minimum Gasteiger partial charge on any atom is -0.508 e. The van der Waals surface area contributed by atoms with Crippen molar-refractivity contribution in [2.45, 2.75) is 13.8 Å². The topological polar surface area (TPSA) is 107 Å². The van der Waals surface area contributed by atoms with Crippen LogP contribution in [-0.4, -0.2) is 15.0 Å². The average molecular weight is 214 g/mol. The maximum atomic E-state index is 10.3. The van der Waals surface area contributed by atoms with Crippen LogP contribution < -0.4 is 0 Å². The van der Waals surface area contributed by atoms with Crippen molar-refractivity contribution >= 4 is 11.4 Å². The SMILES string of the molecule is CC.O=[N+]([O-])c1ccc(O)cc1[N+](=O)[O-]. The fraction of sp³-hybridized carbons (Fsp3) is 0.250. The molecule has 7 heteroatoms. The van der Waals surface area contributed by atoms with Crippen molar-refractivity contribution in [3.05, 3.63) is 38.4 Å². The Kier molecular flexibility index (Phi) is 4.73. The first-order valence-corrected chi connectivity index (χ1v) is 4.14. The first-order valence-electron chi connectivity index (χ1n) is 4.14. The standard InChI is InChI=1S/C6H4N2O5.C2H6/c9-4-1-2-5(7(10)11)6(3-4)8(12)13;1-2/h1-3,9H;1-2H3. The van der Waals surface area contributed by atoms with Crippen LogP contribution in [0.5, 0.6) is 5.75 Å². The Bertz CT molecular complexity index is 377. The van der Waals surface area contributed by atoms with E-state index in [2.05, 4.69) is 0 Å². The molecule has 1 aromatic carbocycles. The van der Waals surface area contributed by atoms with Crippen molar-refractivity contribution in [1.29, 1.82) is 0 Å². The third-order valence-corrected chi connectivity index (χ3v) is 1.35. The lowest BCUT2D eigenvalue weighted by Gasteiger charge is -1.94. The molecule has 0 radical (unpaired) electrons. The van der Waals surface area contributed by atoms with Gasteiger partial charge >= 0.3 is 11.4 Å². The van der Waals surface area contributed by atoms with Crippen LogP contribution >= 0.6 is 0 Å². The van der Waals surface area contributed by atoms with Gasteiger partial charge in [-0.3, -0.25) is 20.2 Å². The van der Waals surface area contributed by atoms with Gasteiger partial charge in [0, 0.05) is 6.07 Å². The van der Waals surface area contributed by atoms with Gasteiger partial charge in [-0.2, -0.15) is 0 Å². The Balaban J connectivity index is 0.000000921. The van der Waals surface area contributed by atoms with Gasteiger partial charge in [0.2, 0.25) is 0 Å². The third kappa shape index (κ3) is 3.22. The highest BCUT2D eigenvalue weighted by Gasteiger charge is 2.23. The van der Waals surface area contributed by atoms with Crippen LogP contribution in [0.2, 0.25) is 0 Å². The average Bonchev–Trinajstić information content (AvgIpc) is 2.20. The molecule has 0 aliphatic heterocycles. The van der Waals surface area contributed by atoms with Gasteiger partial charge in [0.05, 0.1) is 15.9 Å². The van der Waals surface area contributed by atoms with Crippen molar-refractivity contribution in [1.82, 2.24) is 0 Å². The lowest BCUT2D eigenvalue weighted by Crippen LogP contribution is -1.95. The first-order chi connectivity index (χ1) is 7.02. The van der Waals surface area contributed by atoms with Crippen molar-refractivity contribution < 1.29 is 15.0 Å². The molecule has 0 unspecified atom stereocenters. The fourth-order valence-electron chi connectivity index (χ4n) is 0.812. The predicted octanol–water partition coefficient (Wildman–Crippen LogP) is 2.23. The van der Waals surface area contributed by atoms with E-state index in [0.29, 0.717) is 0 Å². The number of nitro groups is 2. The summed E-state index contributed by atoms with van der Waals surface area (Å²) in [7, 11) is 0. The van der Waals surface area contributed by atoms with Gasteiger partial charge in [-0.05, 0) is 6.07 Å². The second-order valence-corrected chi connectivity index (χ2v) is 2.19. The molecule has 0 atom stereocenters. The Morgan fingerprint density at radius 2 is 1.53 bits per heavy atom. The summed E-state index contributed by atoms with van der Waals surface area (Å²) in [6.07, 6.45) is 0. The quantitative estimate of drug-likeness (QED) is 0.600. The number of hydrogen-bond acceptors (Lipinski definition) is 5. The van der Waals surface area contributed by atoms with Crippen molar-refractivity contribution in [2.75, 3.05) is 0 Å². The normalized spacial score (nSPS) is 8.67. The lowest BCUT2D eigenvalue weighted by molar-refractivity contribution is -0.422. The van der Waals surface area contributed by atoms with Crippen LogP contribution in [0, 0.1) is 20.2 Å². The molecule has 1 rings (SSSR count). The van der Waals surface area contributed by atoms with Crippen LogP contribution in [0.3, 0.4) is 0 Å². The molecule has 0 aliphatic carbocycles. The van der Waals surface area contributed by atoms with Crippen LogP contribution in [0.25, 0.3) is 0 Å².